The third-order valence-corrected chi connectivity index (χ3v) is 13.6. The number of rotatable bonds is 2. The van der Waals surface area contributed by atoms with Crippen molar-refractivity contribution in [3.05, 3.63) is 124 Å². The maximum absolute atomic E-state index is 7.29. The van der Waals surface area contributed by atoms with Gasteiger partial charge >= 0.3 is 0 Å². The van der Waals surface area contributed by atoms with Crippen molar-refractivity contribution in [2.45, 2.75) is 137 Å². The zero-order chi connectivity index (χ0) is 40.8. The van der Waals surface area contributed by atoms with Gasteiger partial charge in [0, 0.05) is 33.8 Å². The summed E-state index contributed by atoms with van der Waals surface area (Å²) in [4.78, 5) is 5.10. The van der Waals surface area contributed by atoms with Crippen molar-refractivity contribution < 1.29 is 4.42 Å². The van der Waals surface area contributed by atoms with Crippen molar-refractivity contribution >= 4 is 68.4 Å². The van der Waals surface area contributed by atoms with Gasteiger partial charge in [-0.1, -0.05) is 126 Å². The number of aryl methyl sites for hydroxylation is 1. The molecule has 3 aliphatic rings. The van der Waals surface area contributed by atoms with E-state index in [-0.39, 0.29) is 33.8 Å². The normalized spacial score (nSPS) is 17.0. The number of fused-ring (bicyclic) bond motifs is 7. The minimum atomic E-state index is -0.0808. The van der Waals surface area contributed by atoms with Gasteiger partial charge in [0.2, 0.25) is 0 Å². The van der Waals surface area contributed by atoms with Gasteiger partial charge in [0.25, 0.3) is 6.71 Å². The van der Waals surface area contributed by atoms with Crippen LogP contribution in [0.25, 0.3) is 11.0 Å². The molecule has 0 spiro atoms. The zero-order valence-electron chi connectivity index (χ0n) is 37.0. The highest BCUT2D eigenvalue weighted by molar-refractivity contribution is 7.00. The molecule has 3 heterocycles. The molecule has 3 nitrogen and oxygen atoms in total. The second kappa shape index (κ2) is 12.2. The largest absolute Gasteiger partial charge is 0.468 e. The summed E-state index contributed by atoms with van der Waals surface area (Å²) in [6.45, 7) is 32.7. The van der Waals surface area contributed by atoms with Crippen LogP contribution in [0.3, 0.4) is 0 Å². The van der Waals surface area contributed by atoms with E-state index >= 15 is 0 Å². The first kappa shape index (κ1) is 37.9. The molecule has 5 aromatic carbocycles. The van der Waals surface area contributed by atoms with Gasteiger partial charge in [0.05, 0.1) is 11.3 Å². The Kier molecular flexibility index (Phi) is 8.08. The monoisotopic (exact) mass is 752 g/mol. The van der Waals surface area contributed by atoms with Gasteiger partial charge in [-0.2, -0.15) is 0 Å². The van der Waals surface area contributed by atoms with Crippen molar-refractivity contribution in [3.8, 4) is 0 Å². The van der Waals surface area contributed by atoms with Crippen molar-refractivity contribution in [1.29, 1.82) is 0 Å². The smallest absolute Gasteiger partial charge is 0.297 e. The standard InChI is InChI=1S/C53H61BN2O/c1-32-27-43-46-44(28-32)56(37-21-22-39-40(31-37)53(13,14)26-25-52(39,11)12)47-38-29-34(50(5,6)7)18-24-45(38)57-48(47)54(46)41-30-35(51(8,9)10)17-23-42(41)55(43)36-19-15-33(16-20-36)49(2,3)4/h15-24,27-31H,25-26H2,1-14H3. The maximum atomic E-state index is 7.29. The number of nitrogens with zero attached hydrogens (tertiary/aromatic N) is 2. The Morgan fingerprint density at radius 2 is 1.09 bits per heavy atom. The molecule has 1 aromatic heterocycles. The molecule has 0 saturated carbocycles. The SMILES string of the molecule is Cc1cc2c3c(c1)N(c1ccc4c(c1)C(C)(C)CCC4(C)C)c1c(oc4ccc(C(C)(C)C)cc14)B3c1cc(C(C)(C)C)ccc1N2c1ccc(C(C)(C)C)cc1. The molecule has 0 N–H and O–H groups in total. The number of benzene rings is 5. The van der Waals surface area contributed by atoms with Crippen molar-refractivity contribution in [2.24, 2.45) is 0 Å². The van der Waals surface area contributed by atoms with Crippen LogP contribution in [0.2, 0.25) is 0 Å². The van der Waals surface area contributed by atoms with E-state index in [1.54, 1.807) is 0 Å². The summed E-state index contributed by atoms with van der Waals surface area (Å²) in [5.41, 5.74) is 20.2. The molecular formula is C53H61BN2O. The topological polar surface area (TPSA) is 19.6 Å². The first-order valence-corrected chi connectivity index (χ1v) is 21.3. The van der Waals surface area contributed by atoms with Gasteiger partial charge in [0.1, 0.15) is 5.58 Å². The summed E-state index contributed by atoms with van der Waals surface area (Å²) in [6.07, 6.45) is 2.36. The van der Waals surface area contributed by atoms with E-state index in [1.165, 1.54) is 96.7 Å². The molecule has 57 heavy (non-hydrogen) atoms. The predicted molar refractivity (Wildman–Crippen MR) is 246 cm³/mol. The molecule has 0 radical (unpaired) electrons. The number of hydrogen-bond donors (Lipinski definition) is 0. The number of hydrogen-bond acceptors (Lipinski definition) is 3. The quantitative estimate of drug-likeness (QED) is 0.164. The van der Waals surface area contributed by atoms with Gasteiger partial charge in [-0.05, 0) is 146 Å². The highest BCUT2D eigenvalue weighted by Crippen LogP contribution is 2.51. The Morgan fingerprint density at radius 1 is 0.544 bits per heavy atom. The third-order valence-electron chi connectivity index (χ3n) is 13.6. The molecule has 9 rings (SSSR count). The molecule has 0 amide bonds. The molecule has 0 fully saturated rings. The van der Waals surface area contributed by atoms with Crippen LogP contribution in [0.4, 0.5) is 34.1 Å². The summed E-state index contributed by atoms with van der Waals surface area (Å²) in [7, 11) is 0. The summed E-state index contributed by atoms with van der Waals surface area (Å²) < 4.78 is 7.29. The van der Waals surface area contributed by atoms with E-state index in [0.29, 0.717) is 0 Å². The van der Waals surface area contributed by atoms with E-state index < -0.39 is 0 Å². The third kappa shape index (κ3) is 5.91. The minimum absolute atomic E-state index is 0.0109. The Labute approximate surface area is 342 Å². The second-order valence-corrected chi connectivity index (χ2v) is 21.9. The lowest BCUT2D eigenvalue weighted by atomic mass is 9.35. The van der Waals surface area contributed by atoms with Crippen LogP contribution in [0, 0.1) is 6.92 Å². The predicted octanol–water partition coefficient (Wildman–Crippen LogP) is 13.1. The molecule has 0 bridgehead atoms. The molecule has 2 aliphatic heterocycles. The lowest BCUT2D eigenvalue weighted by Crippen LogP contribution is -2.61. The molecule has 6 aromatic rings. The summed E-state index contributed by atoms with van der Waals surface area (Å²) in [5.74, 6) is 0. The average Bonchev–Trinajstić information content (AvgIpc) is 3.50. The highest BCUT2D eigenvalue weighted by atomic mass is 16.3. The van der Waals surface area contributed by atoms with Gasteiger partial charge in [-0.3, -0.25) is 0 Å². The Balaban J connectivity index is 1.39. The van der Waals surface area contributed by atoms with Gasteiger partial charge in [-0.25, -0.2) is 0 Å². The molecule has 0 atom stereocenters. The first-order chi connectivity index (χ1) is 26.5. The van der Waals surface area contributed by atoms with Crippen LogP contribution in [0.15, 0.2) is 95.4 Å². The first-order valence-electron chi connectivity index (χ1n) is 21.3. The van der Waals surface area contributed by atoms with Gasteiger partial charge < -0.3 is 14.2 Å². The molecular weight excluding hydrogens is 691 g/mol. The fraction of sp³-hybridized carbons (Fsp3) is 0.396. The number of furan rings is 1. The average molecular weight is 753 g/mol. The van der Waals surface area contributed by atoms with E-state index in [2.05, 4.69) is 198 Å². The molecule has 4 heteroatoms. The second-order valence-electron chi connectivity index (χ2n) is 21.9. The fourth-order valence-electron chi connectivity index (χ4n) is 9.93. The van der Waals surface area contributed by atoms with E-state index in [4.69, 9.17) is 4.42 Å². The van der Waals surface area contributed by atoms with Crippen LogP contribution in [0.1, 0.15) is 136 Å². The van der Waals surface area contributed by atoms with E-state index in [0.717, 1.165) is 11.2 Å². The maximum Gasteiger partial charge on any atom is 0.297 e. The molecule has 0 saturated heterocycles. The van der Waals surface area contributed by atoms with Crippen LogP contribution in [-0.2, 0) is 27.1 Å². The Hall–Kier alpha value is -4.70. The van der Waals surface area contributed by atoms with E-state index in [1.807, 2.05) is 0 Å². The minimum Gasteiger partial charge on any atom is -0.468 e. The fourth-order valence-corrected chi connectivity index (χ4v) is 9.93. The van der Waals surface area contributed by atoms with Crippen LogP contribution < -0.4 is 26.4 Å². The summed E-state index contributed by atoms with van der Waals surface area (Å²) >= 11 is 0. The Bertz CT molecular complexity index is 2600. The van der Waals surface area contributed by atoms with Gasteiger partial charge in [0.15, 0.2) is 0 Å². The summed E-state index contributed by atoms with van der Waals surface area (Å²) in [5, 5.41) is 1.18. The van der Waals surface area contributed by atoms with Gasteiger partial charge in [-0.15, -0.1) is 0 Å². The Morgan fingerprint density at radius 3 is 1.72 bits per heavy atom. The van der Waals surface area contributed by atoms with E-state index in [9.17, 15) is 0 Å². The van der Waals surface area contributed by atoms with Crippen LogP contribution in [-0.4, -0.2) is 6.71 Å². The highest BCUT2D eigenvalue weighted by Gasteiger charge is 2.48. The van der Waals surface area contributed by atoms with Crippen molar-refractivity contribution in [2.75, 3.05) is 9.80 Å². The van der Waals surface area contributed by atoms with Crippen molar-refractivity contribution in [3.63, 3.8) is 0 Å². The molecule has 0 unspecified atom stereocenters. The van der Waals surface area contributed by atoms with Crippen LogP contribution in [0.5, 0.6) is 0 Å². The molecule has 292 valence electrons. The number of anilines is 6. The zero-order valence-corrected chi connectivity index (χ0v) is 37.0. The summed E-state index contributed by atoms with van der Waals surface area (Å²) in [6, 6.07) is 35.6. The lowest BCUT2D eigenvalue weighted by molar-refractivity contribution is 0.332. The molecule has 1 aliphatic carbocycles. The lowest BCUT2D eigenvalue weighted by Gasteiger charge is -2.44. The van der Waals surface area contributed by atoms with Crippen LogP contribution >= 0.6 is 0 Å². The van der Waals surface area contributed by atoms with Crippen molar-refractivity contribution in [1.82, 2.24) is 0 Å².